The molecule has 1 saturated carbocycles. The molecule has 0 heterocycles. The fourth-order valence-corrected chi connectivity index (χ4v) is 2.19. The third kappa shape index (κ3) is 1.45. The van der Waals surface area contributed by atoms with E-state index < -0.39 is 5.41 Å². The Bertz CT molecular complexity index is 247. The smallest absolute Gasteiger partial charge is 0.319 e. The van der Waals surface area contributed by atoms with Crippen LogP contribution in [0.15, 0.2) is 0 Å². The summed E-state index contributed by atoms with van der Waals surface area (Å²) in [5.74, 6) is -0.130. The molecule has 1 fully saturated rings. The maximum absolute atomic E-state index is 11.9. The third-order valence-corrected chi connectivity index (χ3v) is 3.34. The lowest BCUT2D eigenvalue weighted by Crippen LogP contribution is -2.52. The van der Waals surface area contributed by atoms with Crippen molar-refractivity contribution in [3.63, 3.8) is 0 Å². The Balaban J connectivity index is 2.83. The van der Waals surface area contributed by atoms with E-state index >= 15 is 0 Å². The summed E-state index contributed by atoms with van der Waals surface area (Å²) in [5, 5.41) is 0. The zero-order valence-electron chi connectivity index (χ0n) is 9.13. The van der Waals surface area contributed by atoms with Gasteiger partial charge in [-0.25, -0.2) is 0 Å². The standard InChI is InChI=1S/C11H18O3/c1-4-5-9(12)11(10(13)14-3)7-6-8(11)2/h8H,4-7H2,1-3H3. The molecule has 3 heteroatoms. The van der Waals surface area contributed by atoms with Crippen LogP contribution in [-0.2, 0) is 14.3 Å². The molecule has 2 atom stereocenters. The van der Waals surface area contributed by atoms with E-state index in [1.807, 2.05) is 13.8 Å². The first-order valence-corrected chi connectivity index (χ1v) is 5.21. The fraction of sp³-hybridized carbons (Fsp3) is 0.818. The van der Waals surface area contributed by atoms with Gasteiger partial charge >= 0.3 is 5.97 Å². The minimum Gasteiger partial charge on any atom is -0.468 e. The summed E-state index contributed by atoms with van der Waals surface area (Å²) in [7, 11) is 1.36. The number of ether oxygens (including phenoxy) is 1. The zero-order chi connectivity index (χ0) is 10.8. The molecule has 80 valence electrons. The van der Waals surface area contributed by atoms with Crippen LogP contribution in [0.2, 0.25) is 0 Å². The van der Waals surface area contributed by atoms with Gasteiger partial charge in [-0.15, -0.1) is 0 Å². The van der Waals surface area contributed by atoms with Gasteiger partial charge in [-0.2, -0.15) is 0 Å². The van der Waals surface area contributed by atoms with Gasteiger partial charge in [0.15, 0.2) is 0 Å². The van der Waals surface area contributed by atoms with Crippen molar-refractivity contribution in [3.8, 4) is 0 Å². The van der Waals surface area contributed by atoms with E-state index in [1.54, 1.807) is 0 Å². The Morgan fingerprint density at radius 1 is 1.50 bits per heavy atom. The van der Waals surface area contributed by atoms with E-state index in [-0.39, 0.29) is 17.7 Å². The predicted molar refractivity (Wildman–Crippen MR) is 52.8 cm³/mol. The number of esters is 1. The Morgan fingerprint density at radius 3 is 2.43 bits per heavy atom. The number of methoxy groups -OCH3 is 1. The van der Waals surface area contributed by atoms with Gasteiger partial charge in [0.2, 0.25) is 0 Å². The number of hydrogen-bond acceptors (Lipinski definition) is 3. The second kappa shape index (κ2) is 4.11. The van der Waals surface area contributed by atoms with Crippen LogP contribution in [-0.4, -0.2) is 18.9 Å². The fourth-order valence-electron chi connectivity index (χ4n) is 2.19. The van der Waals surface area contributed by atoms with Crippen LogP contribution in [0.5, 0.6) is 0 Å². The van der Waals surface area contributed by atoms with Crippen molar-refractivity contribution >= 4 is 11.8 Å². The highest BCUT2D eigenvalue weighted by molar-refractivity contribution is 6.05. The summed E-state index contributed by atoms with van der Waals surface area (Å²) in [6, 6.07) is 0. The summed E-state index contributed by atoms with van der Waals surface area (Å²) in [6.45, 7) is 3.90. The molecule has 0 aliphatic heterocycles. The Morgan fingerprint density at radius 2 is 2.14 bits per heavy atom. The first-order valence-electron chi connectivity index (χ1n) is 5.21. The molecule has 0 spiro atoms. The quantitative estimate of drug-likeness (QED) is 0.512. The van der Waals surface area contributed by atoms with Gasteiger partial charge in [-0.1, -0.05) is 13.8 Å². The topological polar surface area (TPSA) is 43.4 Å². The molecule has 1 aliphatic rings. The van der Waals surface area contributed by atoms with Crippen LogP contribution in [0.1, 0.15) is 39.5 Å². The summed E-state index contributed by atoms with van der Waals surface area (Å²) < 4.78 is 4.74. The summed E-state index contributed by atoms with van der Waals surface area (Å²) in [4.78, 5) is 23.5. The van der Waals surface area contributed by atoms with Crippen LogP contribution in [0.4, 0.5) is 0 Å². The number of ketones is 1. The molecular weight excluding hydrogens is 180 g/mol. The predicted octanol–water partition coefficient (Wildman–Crippen LogP) is 1.94. The highest BCUT2D eigenvalue weighted by Crippen LogP contribution is 2.48. The molecule has 14 heavy (non-hydrogen) atoms. The summed E-state index contributed by atoms with van der Waals surface area (Å²) in [6.07, 6.45) is 2.90. The zero-order valence-corrected chi connectivity index (χ0v) is 9.13. The van der Waals surface area contributed by atoms with Crippen molar-refractivity contribution < 1.29 is 14.3 Å². The maximum Gasteiger partial charge on any atom is 0.319 e. The number of Topliss-reactive ketones (excluding diaryl/α,β-unsaturated/α-hetero) is 1. The largest absolute Gasteiger partial charge is 0.468 e. The second-order valence-corrected chi connectivity index (χ2v) is 4.08. The Hall–Kier alpha value is -0.860. The average molecular weight is 198 g/mol. The van der Waals surface area contributed by atoms with E-state index in [0.29, 0.717) is 12.8 Å². The molecule has 0 amide bonds. The molecule has 0 aromatic heterocycles. The molecule has 3 nitrogen and oxygen atoms in total. The van der Waals surface area contributed by atoms with E-state index in [4.69, 9.17) is 4.74 Å². The summed E-state index contributed by atoms with van der Waals surface area (Å²) >= 11 is 0. The lowest BCUT2D eigenvalue weighted by Gasteiger charge is -2.43. The van der Waals surface area contributed by atoms with Crippen molar-refractivity contribution in [2.24, 2.45) is 11.3 Å². The molecular formula is C11H18O3. The SMILES string of the molecule is CCCC(=O)C1(C(=O)OC)CCC1C. The number of carbonyl (C=O) groups excluding carboxylic acids is 2. The maximum atomic E-state index is 11.9. The van der Waals surface area contributed by atoms with Gasteiger partial charge < -0.3 is 4.74 Å². The number of hydrogen-bond donors (Lipinski definition) is 0. The van der Waals surface area contributed by atoms with Crippen molar-refractivity contribution in [2.75, 3.05) is 7.11 Å². The molecule has 0 bridgehead atoms. The molecule has 2 unspecified atom stereocenters. The van der Waals surface area contributed by atoms with Gasteiger partial charge in [-0.05, 0) is 25.2 Å². The van der Waals surface area contributed by atoms with Crippen LogP contribution in [0.25, 0.3) is 0 Å². The van der Waals surface area contributed by atoms with E-state index in [0.717, 1.165) is 12.8 Å². The number of carbonyl (C=O) groups is 2. The minimum absolute atomic E-state index is 0.0607. The van der Waals surface area contributed by atoms with Gasteiger partial charge in [0.05, 0.1) is 7.11 Å². The molecule has 0 radical (unpaired) electrons. The second-order valence-electron chi connectivity index (χ2n) is 4.08. The van der Waals surface area contributed by atoms with Gasteiger partial charge in [0.25, 0.3) is 0 Å². The Kier molecular flexibility index (Phi) is 3.29. The average Bonchev–Trinajstić information content (AvgIpc) is 2.16. The van der Waals surface area contributed by atoms with Crippen molar-refractivity contribution in [1.82, 2.24) is 0 Å². The van der Waals surface area contributed by atoms with Gasteiger partial charge in [0.1, 0.15) is 11.2 Å². The van der Waals surface area contributed by atoms with E-state index in [9.17, 15) is 9.59 Å². The van der Waals surface area contributed by atoms with Crippen molar-refractivity contribution in [1.29, 1.82) is 0 Å². The molecule has 1 rings (SSSR count). The van der Waals surface area contributed by atoms with Crippen molar-refractivity contribution in [2.45, 2.75) is 39.5 Å². The molecule has 0 saturated heterocycles. The van der Waals surface area contributed by atoms with Gasteiger partial charge in [-0.3, -0.25) is 9.59 Å². The lowest BCUT2D eigenvalue weighted by molar-refractivity contribution is -0.170. The van der Waals surface area contributed by atoms with Crippen molar-refractivity contribution in [3.05, 3.63) is 0 Å². The minimum atomic E-state index is -0.801. The number of rotatable bonds is 4. The third-order valence-electron chi connectivity index (χ3n) is 3.34. The van der Waals surface area contributed by atoms with Gasteiger partial charge in [0, 0.05) is 6.42 Å². The van der Waals surface area contributed by atoms with Crippen LogP contribution in [0.3, 0.4) is 0 Å². The van der Waals surface area contributed by atoms with E-state index in [2.05, 4.69) is 0 Å². The first kappa shape index (κ1) is 11.2. The molecule has 0 N–H and O–H groups in total. The first-order chi connectivity index (χ1) is 6.59. The summed E-state index contributed by atoms with van der Waals surface area (Å²) in [5.41, 5.74) is -0.801. The molecule has 0 aromatic rings. The normalized spacial score (nSPS) is 30.6. The molecule has 0 aromatic carbocycles. The molecule has 1 aliphatic carbocycles. The lowest BCUT2D eigenvalue weighted by atomic mass is 9.58. The highest BCUT2D eigenvalue weighted by atomic mass is 16.5. The van der Waals surface area contributed by atoms with Crippen LogP contribution >= 0.6 is 0 Å². The van der Waals surface area contributed by atoms with Crippen LogP contribution in [0, 0.1) is 11.3 Å². The van der Waals surface area contributed by atoms with Crippen LogP contribution < -0.4 is 0 Å². The highest BCUT2D eigenvalue weighted by Gasteiger charge is 2.56. The Labute approximate surface area is 84.8 Å². The monoisotopic (exact) mass is 198 g/mol. The van der Waals surface area contributed by atoms with E-state index in [1.165, 1.54) is 7.11 Å².